The van der Waals surface area contributed by atoms with Crippen LogP contribution in [0.25, 0.3) is 16.8 Å². The Morgan fingerprint density at radius 1 is 1.12 bits per heavy atom. The van der Waals surface area contributed by atoms with Gasteiger partial charge >= 0.3 is 0 Å². The van der Waals surface area contributed by atoms with Gasteiger partial charge in [0, 0.05) is 36.3 Å². The second-order valence-corrected chi connectivity index (χ2v) is 7.38. The van der Waals surface area contributed by atoms with Gasteiger partial charge in [0.15, 0.2) is 0 Å². The molecule has 1 saturated carbocycles. The summed E-state index contributed by atoms with van der Waals surface area (Å²) in [6, 6.07) is 14.6. The summed E-state index contributed by atoms with van der Waals surface area (Å²) in [5.41, 5.74) is 6.21. The number of hydrogen-bond acceptors (Lipinski definition) is 2. The van der Waals surface area contributed by atoms with Gasteiger partial charge in [0.25, 0.3) is 5.91 Å². The highest BCUT2D eigenvalue weighted by Gasteiger charge is 2.48. The van der Waals surface area contributed by atoms with Gasteiger partial charge in [-0.1, -0.05) is 18.2 Å². The van der Waals surface area contributed by atoms with Crippen LogP contribution in [0.1, 0.15) is 41.0 Å². The van der Waals surface area contributed by atoms with Crippen molar-refractivity contribution in [1.29, 1.82) is 0 Å². The van der Waals surface area contributed by atoms with E-state index in [0.29, 0.717) is 0 Å². The van der Waals surface area contributed by atoms with Gasteiger partial charge < -0.3 is 9.47 Å². The molecule has 2 aliphatic rings. The predicted molar refractivity (Wildman–Crippen MR) is 101 cm³/mol. The summed E-state index contributed by atoms with van der Waals surface area (Å²) in [5.74, 6) is 0.102. The van der Waals surface area contributed by atoms with E-state index in [1.807, 2.05) is 49.5 Å². The molecule has 26 heavy (non-hydrogen) atoms. The van der Waals surface area contributed by atoms with Gasteiger partial charge in [0.2, 0.25) is 0 Å². The number of aryl methyl sites for hydroxylation is 1. The molecule has 0 bridgehead atoms. The average molecular weight is 343 g/mol. The van der Waals surface area contributed by atoms with Crippen LogP contribution < -0.4 is 0 Å². The number of fused-ring (bicyclic) bond motifs is 4. The molecule has 3 aromatic rings. The molecule has 5 rings (SSSR count). The van der Waals surface area contributed by atoms with Crippen LogP contribution >= 0.6 is 0 Å². The van der Waals surface area contributed by atoms with Crippen LogP contribution in [-0.2, 0) is 5.54 Å². The molecular weight excluding hydrogens is 322 g/mol. The first kappa shape index (κ1) is 15.4. The maximum Gasteiger partial charge on any atom is 0.271 e. The maximum absolute atomic E-state index is 13.1. The number of rotatable bonds is 1. The molecule has 1 aromatic carbocycles. The van der Waals surface area contributed by atoms with Crippen molar-refractivity contribution in [1.82, 2.24) is 14.5 Å². The summed E-state index contributed by atoms with van der Waals surface area (Å²) in [7, 11) is 1.95. The molecule has 130 valence electrons. The third-order valence-corrected chi connectivity index (χ3v) is 6.17. The second kappa shape index (κ2) is 5.31. The molecule has 1 spiro atoms. The average Bonchev–Trinajstić information content (AvgIpc) is 3.08. The molecule has 4 nitrogen and oxygen atoms in total. The van der Waals surface area contributed by atoms with Crippen molar-refractivity contribution in [3.8, 4) is 16.8 Å². The zero-order chi connectivity index (χ0) is 17.9. The minimum atomic E-state index is -0.173. The van der Waals surface area contributed by atoms with Crippen LogP contribution in [0.4, 0.5) is 0 Å². The minimum absolute atomic E-state index is 0.102. The van der Waals surface area contributed by atoms with Crippen molar-refractivity contribution >= 4 is 5.91 Å². The van der Waals surface area contributed by atoms with E-state index in [0.717, 1.165) is 47.5 Å². The maximum atomic E-state index is 13.1. The highest BCUT2D eigenvalue weighted by molar-refractivity contribution is 5.95. The van der Waals surface area contributed by atoms with Gasteiger partial charge in [-0.15, -0.1) is 0 Å². The van der Waals surface area contributed by atoms with Gasteiger partial charge in [0.1, 0.15) is 5.69 Å². The third-order valence-electron chi connectivity index (χ3n) is 6.17. The van der Waals surface area contributed by atoms with Crippen LogP contribution in [0.3, 0.4) is 0 Å². The van der Waals surface area contributed by atoms with E-state index < -0.39 is 0 Å². The number of carbonyl (C=O) groups excluding carboxylic acids is 1. The summed E-state index contributed by atoms with van der Waals surface area (Å²) in [5, 5.41) is 0. The number of nitrogens with zero attached hydrogens (tertiary/aromatic N) is 3. The number of carbonyl (C=O) groups is 1. The highest BCUT2D eigenvalue weighted by atomic mass is 16.2. The Balaban J connectivity index is 1.79. The molecule has 2 aromatic heterocycles. The van der Waals surface area contributed by atoms with Crippen LogP contribution in [0.5, 0.6) is 0 Å². The van der Waals surface area contributed by atoms with Gasteiger partial charge in [-0.25, -0.2) is 0 Å². The summed E-state index contributed by atoms with van der Waals surface area (Å²) in [6.45, 7) is 2.03. The van der Waals surface area contributed by atoms with Crippen LogP contribution in [0, 0.1) is 6.92 Å². The van der Waals surface area contributed by atoms with E-state index >= 15 is 0 Å². The molecule has 1 fully saturated rings. The number of aromatic nitrogens is 2. The lowest BCUT2D eigenvalue weighted by Gasteiger charge is -2.48. The molecule has 1 aliphatic heterocycles. The van der Waals surface area contributed by atoms with E-state index in [1.165, 1.54) is 5.56 Å². The van der Waals surface area contributed by atoms with Crippen molar-refractivity contribution in [2.45, 2.75) is 31.7 Å². The van der Waals surface area contributed by atoms with Gasteiger partial charge in [-0.2, -0.15) is 0 Å². The normalized spacial score (nSPS) is 17.5. The molecule has 0 atom stereocenters. The van der Waals surface area contributed by atoms with Gasteiger partial charge in [-0.05, 0) is 56.0 Å². The Hall–Kier alpha value is -2.88. The van der Waals surface area contributed by atoms with E-state index in [9.17, 15) is 4.79 Å². The van der Waals surface area contributed by atoms with Crippen LogP contribution in [-0.4, -0.2) is 27.4 Å². The van der Waals surface area contributed by atoms with Crippen molar-refractivity contribution in [3.05, 3.63) is 71.8 Å². The lowest BCUT2D eigenvalue weighted by Crippen LogP contribution is -2.51. The Labute approximate surface area is 153 Å². The Bertz CT molecular complexity index is 1030. The monoisotopic (exact) mass is 343 g/mol. The second-order valence-electron chi connectivity index (χ2n) is 7.38. The summed E-state index contributed by atoms with van der Waals surface area (Å²) >= 11 is 0. The van der Waals surface area contributed by atoms with E-state index in [2.05, 4.69) is 33.8 Å². The molecule has 4 heteroatoms. The lowest BCUT2D eigenvalue weighted by atomic mass is 9.70. The van der Waals surface area contributed by atoms with Crippen molar-refractivity contribution < 1.29 is 4.79 Å². The number of benzene rings is 1. The third kappa shape index (κ3) is 1.90. The lowest BCUT2D eigenvalue weighted by molar-refractivity contribution is 0.0270. The fraction of sp³-hybridized carbons (Fsp3) is 0.273. The minimum Gasteiger partial charge on any atom is -0.331 e. The molecule has 0 saturated heterocycles. The molecular formula is C22H21N3O. The Morgan fingerprint density at radius 2 is 1.96 bits per heavy atom. The first-order valence-electron chi connectivity index (χ1n) is 9.14. The molecule has 1 amide bonds. The number of hydrogen-bond donors (Lipinski definition) is 0. The molecule has 0 unspecified atom stereocenters. The van der Waals surface area contributed by atoms with E-state index in [4.69, 9.17) is 0 Å². The zero-order valence-corrected chi connectivity index (χ0v) is 15.1. The predicted octanol–water partition coefficient (Wildman–Crippen LogP) is 4.31. The first-order valence-corrected chi connectivity index (χ1v) is 9.14. The molecule has 1 aliphatic carbocycles. The fourth-order valence-corrected chi connectivity index (χ4v) is 4.51. The summed E-state index contributed by atoms with van der Waals surface area (Å²) in [6.07, 6.45) is 7.03. The van der Waals surface area contributed by atoms with Gasteiger partial charge in [0.05, 0.1) is 11.2 Å². The molecule has 3 heterocycles. The number of amides is 1. The van der Waals surface area contributed by atoms with Crippen molar-refractivity contribution in [2.24, 2.45) is 0 Å². The van der Waals surface area contributed by atoms with Crippen LogP contribution in [0.2, 0.25) is 0 Å². The SMILES string of the molecule is Cc1ncccc1-c1ccc2c(c1)-n1cccc1C(=O)N(C)C21CCC1. The summed E-state index contributed by atoms with van der Waals surface area (Å²) < 4.78 is 2.05. The van der Waals surface area contributed by atoms with Crippen molar-refractivity contribution in [2.75, 3.05) is 7.05 Å². The topological polar surface area (TPSA) is 38.1 Å². The largest absolute Gasteiger partial charge is 0.331 e. The Morgan fingerprint density at radius 3 is 2.69 bits per heavy atom. The zero-order valence-electron chi connectivity index (χ0n) is 15.1. The molecule has 0 radical (unpaired) electrons. The molecule has 0 N–H and O–H groups in total. The van der Waals surface area contributed by atoms with Crippen molar-refractivity contribution in [3.63, 3.8) is 0 Å². The van der Waals surface area contributed by atoms with E-state index in [-0.39, 0.29) is 11.4 Å². The van der Waals surface area contributed by atoms with Crippen LogP contribution in [0.15, 0.2) is 54.9 Å². The summed E-state index contributed by atoms with van der Waals surface area (Å²) in [4.78, 5) is 19.5. The van der Waals surface area contributed by atoms with Gasteiger partial charge in [-0.3, -0.25) is 9.78 Å². The first-order chi connectivity index (χ1) is 12.6. The number of pyridine rings is 1. The Kier molecular flexibility index (Phi) is 3.14. The quantitative estimate of drug-likeness (QED) is 0.660. The fourth-order valence-electron chi connectivity index (χ4n) is 4.51. The van der Waals surface area contributed by atoms with E-state index in [1.54, 1.807) is 0 Å². The smallest absolute Gasteiger partial charge is 0.271 e. The highest BCUT2D eigenvalue weighted by Crippen LogP contribution is 2.50. The standard InChI is InChI=1S/C22H21N3O/c1-15-17(6-3-12-23-15)16-8-9-18-20(14-16)25-13-4-7-19(25)21(26)24(2)22(18)10-5-11-22/h3-4,6-9,12-14H,5,10-11H2,1-2H3.